The molecule has 6 nitrogen and oxygen atoms in total. The zero-order chi connectivity index (χ0) is 12.6. The number of H-pyrrole nitrogens is 1. The summed E-state index contributed by atoms with van der Waals surface area (Å²) in [5, 5.41) is 6.66. The highest BCUT2D eigenvalue weighted by Gasteiger charge is 2.20. The van der Waals surface area contributed by atoms with Crippen molar-refractivity contribution in [2.45, 2.75) is 25.7 Å². The molecule has 0 fully saturated rings. The van der Waals surface area contributed by atoms with E-state index < -0.39 is 10.0 Å². The molecule has 0 aliphatic carbocycles. The number of rotatable bonds is 3. The van der Waals surface area contributed by atoms with Crippen LogP contribution in [0.3, 0.4) is 0 Å². The number of aromatic nitrogens is 3. The second-order valence-electron chi connectivity index (χ2n) is 3.63. The quantitative estimate of drug-likeness (QED) is 0.888. The molecule has 2 aromatic heterocycles. The van der Waals surface area contributed by atoms with E-state index in [-0.39, 0.29) is 4.90 Å². The number of thiazole rings is 1. The van der Waals surface area contributed by atoms with Gasteiger partial charge in [-0.25, -0.2) is 13.4 Å². The third kappa shape index (κ3) is 2.32. The minimum absolute atomic E-state index is 0.142. The van der Waals surface area contributed by atoms with Gasteiger partial charge in [-0.05, 0) is 20.8 Å². The van der Waals surface area contributed by atoms with E-state index in [9.17, 15) is 8.42 Å². The van der Waals surface area contributed by atoms with E-state index in [1.165, 1.54) is 17.5 Å². The Kier molecular flexibility index (Phi) is 2.92. The number of nitrogens with zero attached hydrogens (tertiary/aromatic N) is 2. The fourth-order valence-corrected chi connectivity index (χ4v) is 3.48. The second kappa shape index (κ2) is 4.11. The van der Waals surface area contributed by atoms with Crippen molar-refractivity contribution in [3.05, 3.63) is 22.5 Å². The Morgan fingerprint density at radius 2 is 2.06 bits per heavy atom. The van der Waals surface area contributed by atoms with Crippen molar-refractivity contribution in [2.24, 2.45) is 0 Å². The molecule has 0 spiro atoms. The number of hydrogen-bond acceptors (Lipinski definition) is 5. The highest BCUT2D eigenvalue weighted by atomic mass is 32.2. The molecule has 0 aliphatic heterocycles. The smallest absolute Gasteiger partial charge is 0.267 e. The SMILES string of the molecule is Cc1nc(NS(=O)(=O)c2cn[nH]c2C)sc1C. The molecule has 8 heteroatoms. The minimum atomic E-state index is -3.60. The third-order valence-corrected chi connectivity index (χ3v) is 4.89. The van der Waals surface area contributed by atoms with E-state index in [2.05, 4.69) is 19.9 Å². The van der Waals surface area contributed by atoms with Gasteiger partial charge in [0.25, 0.3) is 10.0 Å². The van der Waals surface area contributed by atoms with Crippen molar-refractivity contribution in [1.29, 1.82) is 0 Å². The maximum atomic E-state index is 12.0. The minimum Gasteiger partial charge on any atom is -0.281 e. The summed E-state index contributed by atoms with van der Waals surface area (Å²) >= 11 is 1.31. The molecule has 0 aromatic carbocycles. The molecule has 0 atom stereocenters. The first-order valence-corrected chi connectivity index (χ1v) is 7.17. The lowest BCUT2D eigenvalue weighted by molar-refractivity contribution is 0.600. The van der Waals surface area contributed by atoms with Crippen LogP contribution in [0.1, 0.15) is 16.3 Å². The Hall–Kier alpha value is -1.41. The Morgan fingerprint density at radius 1 is 1.35 bits per heavy atom. The number of sulfonamides is 1. The first kappa shape index (κ1) is 12.1. The van der Waals surface area contributed by atoms with Crippen LogP contribution in [0.25, 0.3) is 0 Å². The Bertz CT molecular complexity index is 622. The van der Waals surface area contributed by atoms with Crippen molar-refractivity contribution < 1.29 is 8.42 Å². The number of aryl methyl sites for hydroxylation is 3. The average molecular weight is 272 g/mol. The van der Waals surface area contributed by atoms with Gasteiger partial charge in [0.2, 0.25) is 0 Å². The van der Waals surface area contributed by atoms with E-state index >= 15 is 0 Å². The van der Waals surface area contributed by atoms with Crippen molar-refractivity contribution in [3.8, 4) is 0 Å². The van der Waals surface area contributed by atoms with Crippen LogP contribution in [0.4, 0.5) is 5.13 Å². The molecule has 0 radical (unpaired) electrons. The summed E-state index contributed by atoms with van der Waals surface area (Å²) in [6.07, 6.45) is 1.28. The van der Waals surface area contributed by atoms with E-state index in [0.717, 1.165) is 10.6 Å². The van der Waals surface area contributed by atoms with E-state index in [1.807, 2.05) is 13.8 Å². The fourth-order valence-electron chi connectivity index (χ4n) is 1.30. The van der Waals surface area contributed by atoms with Crippen molar-refractivity contribution >= 4 is 26.5 Å². The van der Waals surface area contributed by atoms with Crippen LogP contribution in [-0.2, 0) is 10.0 Å². The second-order valence-corrected chi connectivity index (χ2v) is 6.48. The van der Waals surface area contributed by atoms with Crippen LogP contribution < -0.4 is 4.72 Å². The molecule has 0 aliphatic rings. The zero-order valence-electron chi connectivity index (χ0n) is 9.60. The third-order valence-electron chi connectivity index (χ3n) is 2.32. The van der Waals surface area contributed by atoms with Crippen LogP contribution in [0.2, 0.25) is 0 Å². The van der Waals surface area contributed by atoms with Crippen LogP contribution >= 0.6 is 11.3 Å². The molecule has 2 rings (SSSR count). The monoisotopic (exact) mass is 272 g/mol. The highest BCUT2D eigenvalue weighted by Crippen LogP contribution is 2.24. The highest BCUT2D eigenvalue weighted by molar-refractivity contribution is 7.93. The number of anilines is 1. The first-order chi connectivity index (χ1) is 7.90. The van der Waals surface area contributed by atoms with Crippen molar-refractivity contribution in [1.82, 2.24) is 15.2 Å². The van der Waals surface area contributed by atoms with Gasteiger partial charge >= 0.3 is 0 Å². The van der Waals surface area contributed by atoms with Crippen LogP contribution in [0.15, 0.2) is 11.1 Å². The number of aromatic amines is 1. The molecule has 2 heterocycles. The van der Waals surface area contributed by atoms with Crippen LogP contribution in [0.5, 0.6) is 0 Å². The van der Waals surface area contributed by atoms with Gasteiger partial charge < -0.3 is 0 Å². The average Bonchev–Trinajstić information content (AvgIpc) is 2.74. The van der Waals surface area contributed by atoms with Crippen LogP contribution in [-0.4, -0.2) is 23.6 Å². The summed E-state index contributed by atoms with van der Waals surface area (Å²) in [6.45, 7) is 5.39. The predicted octanol–water partition coefficient (Wildman–Crippen LogP) is 1.59. The van der Waals surface area contributed by atoms with Gasteiger partial charge in [0.1, 0.15) is 4.90 Å². The molecule has 2 aromatic rings. The Morgan fingerprint density at radius 3 is 2.53 bits per heavy atom. The summed E-state index contributed by atoms with van der Waals surface area (Å²) in [4.78, 5) is 5.27. The fraction of sp³-hybridized carbons (Fsp3) is 0.333. The summed E-state index contributed by atoms with van der Waals surface area (Å²) < 4.78 is 26.4. The summed E-state index contributed by atoms with van der Waals surface area (Å²) in [5.41, 5.74) is 1.33. The van der Waals surface area contributed by atoms with Gasteiger partial charge in [0, 0.05) is 4.88 Å². The van der Waals surface area contributed by atoms with Crippen molar-refractivity contribution in [3.63, 3.8) is 0 Å². The van der Waals surface area contributed by atoms with Crippen LogP contribution in [0, 0.1) is 20.8 Å². The van der Waals surface area contributed by atoms with Gasteiger partial charge in [0.15, 0.2) is 5.13 Å². The molecular weight excluding hydrogens is 260 g/mol. The Balaban J connectivity index is 2.33. The van der Waals surface area contributed by atoms with E-state index in [0.29, 0.717) is 10.8 Å². The molecule has 0 saturated carbocycles. The normalized spacial score (nSPS) is 11.7. The summed E-state index contributed by atoms with van der Waals surface area (Å²) in [7, 11) is -3.60. The number of hydrogen-bond donors (Lipinski definition) is 2. The lowest BCUT2D eigenvalue weighted by Crippen LogP contribution is -2.13. The van der Waals surface area contributed by atoms with Gasteiger partial charge in [-0.1, -0.05) is 0 Å². The first-order valence-electron chi connectivity index (χ1n) is 4.87. The van der Waals surface area contributed by atoms with Crippen molar-refractivity contribution in [2.75, 3.05) is 4.72 Å². The molecule has 0 saturated heterocycles. The lowest BCUT2D eigenvalue weighted by atomic mass is 10.4. The summed E-state index contributed by atoms with van der Waals surface area (Å²) in [6, 6.07) is 0. The molecule has 0 unspecified atom stereocenters. The van der Waals surface area contributed by atoms with Gasteiger partial charge in [-0.2, -0.15) is 5.10 Å². The molecule has 17 heavy (non-hydrogen) atoms. The Labute approximate surface area is 103 Å². The lowest BCUT2D eigenvalue weighted by Gasteiger charge is -2.02. The standard InChI is InChI=1S/C9H12N4O2S2/c1-5-7(3)16-9(11-5)13-17(14,15)8-4-10-12-6(8)2/h4H,1-3H3,(H,10,12)(H,11,13). The maximum absolute atomic E-state index is 12.0. The molecule has 0 bridgehead atoms. The van der Waals surface area contributed by atoms with Gasteiger partial charge in [-0.15, -0.1) is 11.3 Å². The van der Waals surface area contributed by atoms with Gasteiger partial charge in [-0.3, -0.25) is 9.82 Å². The zero-order valence-corrected chi connectivity index (χ0v) is 11.2. The molecule has 0 amide bonds. The van der Waals surface area contributed by atoms with E-state index in [1.54, 1.807) is 6.92 Å². The molecule has 92 valence electrons. The predicted molar refractivity (Wildman–Crippen MR) is 65.7 cm³/mol. The van der Waals surface area contributed by atoms with Gasteiger partial charge in [0.05, 0.1) is 17.6 Å². The topological polar surface area (TPSA) is 87.7 Å². The maximum Gasteiger partial charge on any atom is 0.267 e. The van der Waals surface area contributed by atoms with E-state index in [4.69, 9.17) is 0 Å². The molecule has 2 N–H and O–H groups in total. The summed E-state index contributed by atoms with van der Waals surface area (Å²) in [5.74, 6) is 0. The molecular formula is C9H12N4O2S2. The largest absolute Gasteiger partial charge is 0.281 e. The number of nitrogens with one attached hydrogen (secondary N) is 2.